The molecule has 0 atom stereocenters. The number of hydrogen-bond donors (Lipinski definition) is 1. The highest BCUT2D eigenvalue weighted by atomic mass is 35.5. The molecular weight excluding hydrogens is 378 g/mol. The van der Waals surface area contributed by atoms with Crippen LogP contribution in [0.4, 0.5) is 5.69 Å². The molecule has 1 aliphatic heterocycles. The van der Waals surface area contributed by atoms with Crippen LogP contribution in [-0.4, -0.2) is 42.6 Å². The first-order valence-corrected chi connectivity index (χ1v) is 9.80. The van der Waals surface area contributed by atoms with Gasteiger partial charge in [-0.05, 0) is 42.3 Å². The van der Waals surface area contributed by atoms with E-state index in [1.54, 1.807) is 0 Å². The van der Waals surface area contributed by atoms with Crippen molar-refractivity contribution in [2.75, 3.05) is 37.6 Å². The maximum atomic E-state index is 11.5. The molecule has 1 fully saturated rings. The number of rotatable bonds is 4. The van der Waals surface area contributed by atoms with Gasteiger partial charge in [0.05, 0.1) is 17.5 Å². The lowest BCUT2D eigenvalue weighted by atomic mass is 10.1. The van der Waals surface area contributed by atoms with E-state index >= 15 is 0 Å². The number of hydrogen-bond acceptors (Lipinski definition) is 5. The SMILES string of the molecule is O=c1[nH]c2cccc(N3CCN(CCc4coc5ccc(Cl)cc45)CC3)c2o1. The second-order valence-corrected chi connectivity index (χ2v) is 7.58. The van der Waals surface area contributed by atoms with Gasteiger partial charge in [-0.1, -0.05) is 17.7 Å². The van der Waals surface area contributed by atoms with Crippen LogP contribution < -0.4 is 10.7 Å². The number of aromatic nitrogens is 1. The summed E-state index contributed by atoms with van der Waals surface area (Å²) in [4.78, 5) is 19.0. The van der Waals surface area contributed by atoms with Gasteiger partial charge in [-0.3, -0.25) is 9.88 Å². The minimum Gasteiger partial charge on any atom is -0.464 e. The molecule has 0 aliphatic carbocycles. The van der Waals surface area contributed by atoms with Crippen molar-refractivity contribution in [3.63, 3.8) is 0 Å². The number of furan rings is 1. The molecule has 1 aliphatic rings. The van der Waals surface area contributed by atoms with Crippen molar-refractivity contribution in [1.29, 1.82) is 0 Å². The van der Waals surface area contributed by atoms with E-state index in [4.69, 9.17) is 20.4 Å². The molecule has 2 aromatic carbocycles. The van der Waals surface area contributed by atoms with Gasteiger partial charge in [0.2, 0.25) is 0 Å². The number of aromatic amines is 1. The van der Waals surface area contributed by atoms with Gasteiger partial charge >= 0.3 is 5.76 Å². The second-order valence-electron chi connectivity index (χ2n) is 7.15. The van der Waals surface area contributed by atoms with Gasteiger partial charge in [0.1, 0.15) is 5.58 Å². The fourth-order valence-electron chi connectivity index (χ4n) is 3.95. The lowest BCUT2D eigenvalue weighted by Gasteiger charge is -2.35. The molecule has 1 N–H and O–H groups in total. The minimum atomic E-state index is -0.409. The number of para-hydroxylation sites is 1. The van der Waals surface area contributed by atoms with Gasteiger partial charge in [0.15, 0.2) is 5.58 Å². The van der Waals surface area contributed by atoms with Gasteiger partial charge in [0, 0.05) is 43.1 Å². The van der Waals surface area contributed by atoms with Crippen LogP contribution in [0.3, 0.4) is 0 Å². The number of nitrogens with one attached hydrogen (secondary N) is 1. The first-order valence-electron chi connectivity index (χ1n) is 9.42. The number of benzene rings is 2. The van der Waals surface area contributed by atoms with Crippen molar-refractivity contribution in [2.24, 2.45) is 0 Å². The Morgan fingerprint density at radius 3 is 2.82 bits per heavy atom. The molecule has 0 spiro atoms. The molecule has 7 heteroatoms. The maximum Gasteiger partial charge on any atom is 0.417 e. The first kappa shape index (κ1) is 17.4. The molecule has 0 unspecified atom stereocenters. The summed E-state index contributed by atoms with van der Waals surface area (Å²) in [5.41, 5.74) is 4.44. The summed E-state index contributed by atoms with van der Waals surface area (Å²) < 4.78 is 11.0. The van der Waals surface area contributed by atoms with Crippen LogP contribution in [0.25, 0.3) is 22.1 Å². The van der Waals surface area contributed by atoms with Crippen molar-refractivity contribution < 1.29 is 8.83 Å². The highest BCUT2D eigenvalue weighted by Crippen LogP contribution is 2.27. The van der Waals surface area contributed by atoms with Gasteiger partial charge < -0.3 is 13.7 Å². The smallest absolute Gasteiger partial charge is 0.417 e. The molecule has 28 heavy (non-hydrogen) atoms. The molecular formula is C21H20ClN3O3. The average molecular weight is 398 g/mol. The summed E-state index contributed by atoms with van der Waals surface area (Å²) in [7, 11) is 0. The normalized spacial score (nSPS) is 15.7. The Morgan fingerprint density at radius 1 is 1.11 bits per heavy atom. The lowest BCUT2D eigenvalue weighted by molar-refractivity contribution is 0.261. The Bertz CT molecular complexity index is 1180. The number of anilines is 1. The summed E-state index contributed by atoms with van der Waals surface area (Å²) in [6.45, 7) is 4.68. The zero-order chi connectivity index (χ0) is 19.1. The molecule has 144 valence electrons. The molecule has 0 radical (unpaired) electrons. The van der Waals surface area contributed by atoms with E-state index in [9.17, 15) is 4.79 Å². The average Bonchev–Trinajstić information content (AvgIpc) is 3.28. The Kier molecular flexibility index (Phi) is 4.37. The number of H-pyrrole nitrogens is 1. The van der Waals surface area contributed by atoms with Crippen molar-refractivity contribution in [3.8, 4) is 0 Å². The van der Waals surface area contributed by atoms with Crippen LogP contribution in [-0.2, 0) is 6.42 Å². The van der Waals surface area contributed by atoms with Crippen molar-refractivity contribution >= 4 is 39.4 Å². The minimum absolute atomic E-state index is 0.409. The third-order valence-electron chi connectivity index (χ3n) is 5.45. The largest absolute Gasteiger partial charge is 0.464 e. The molecule has 0 saturated carbocycles. The van der Waals surface area contributed by atoms with E-state index in [2.05, 4.69) is 14.8 Å². The molecule has 6 nitrogen and oxygen atoms in total. The van der Waals surface area contributed by atoms with Crippen LogP contribution in [0.1, 0.15) is 5.56 Å². The molecule has 3 heterocycles. The molecule has 0 bridgehead atoms. The van der Waals surface area contributed by atoms with E-state index in [1.807, 2.05) is 42.7 Å². The highest BCUT2D eigenvalue weighted by molar-refractivity contribution is 6.31. The van der Waals surface area contributed by atoms with Crippen LogP contribution in [0.2, 0.25) is 5.02 Å². The van der Waals surface area contributed by atoms with Crippen LogP contribution in [0.15, 0.2) is 56.3 Å². The maximum absolute atomic E-state index is 11.5. The molecule has 0 amide bonds. The zero-order valence-corrected chi connectivity index (χ0v) is 16.0. The third kappa shape index (κ3) is 3.19. The lowest BCUT2D eigenvalue weighted by Crippen LogP contribution is -2.47. The van der Waals surface area contributed by atoms with E-state index in [-0.39, 0.29) is 0 Å². The van der Waals surface area contributed by atoms with E-state index < -0.39 is 5.76 Å². The summed E-state index contributed by atoms with van der Waals surface area (Å²) in [5, 5.41) is 1.83. The van der Waals surface area contributed by atoms with Crippen LogP contribution >= 0.6 is 11.6 Å². The Morgan fingerprint density at radius 2 is 1.96 bits per heavy atom. The molecule has 4 aromatic rings. The number of nitrogens with zero attached hydrogens (tertiary/aromatic N) is 2. The number of fused-ring (bicyclic) bond motifs is 2. The molecule has 2 aromatic heterocycles. The summed E-state index contributed by atoms with van der Waals surface area (Å²) in [6.07, 6.45) is 2.77. The number of piperazine rings is 1. The number of oxazole rings is 1. The monoisotopic (exact) mass is 397 g/mol. The van der Waals surface area contributed by atoms with E-state index in [0.717, 1.165) is 66.3 Å². The van der Waals surface area contributed by atoms with Crippen molar-refractivity contribution in [3.05, 3.63) is 63.8 Å². The van der Waals surface area contributed by atoms with Gasteiger partial charge in [-0.15, -0.1) is 0 Å². The Hall–Kier alpha value is -2.70. The Balaban J connectivity index is 1.24. The zero-order valence-electron chi connectivity index (χ0n) is 15.3. The number of halogens is 1. The summed E-state index contributed by atoms with van der Waals surface area (Å²) in [6, 6.07) is 11.6. The molecule has 5 rings (SSSR count). The predicted octanol–water partition coefficient (Wildman–Crippen LogP) is 3.89. The molecule has 1 saturated heterocycles. The quantitative estimate of drug-likeness (QED) is 0.566. The van der Waals surface area contributed by atoms with E-state index in [1.165, 1.54) is 5.56 Å². The predicted molar refractivity (Wildman–Crippen MR) is 110 cm³/mol. The van der Waals surface area contributed by atoms with Gasteiger partial charge in [-0.2, -0.15) is 0 Å². The third-order valence-corrected chi connectivity index (χ3v) is 5.69. The second kappa shape index (κ2) is 7.04. The first-order chi connectivity index (χ1) is 13.7. The fraction of sp³-hybridized carbons (Fsp3) is 0.286. The van der Waals surface area contributed by atoms with Crippen molar-refractivity contribution in [1.82, 2.24) is 9.88 Å². The van der Waals surface area contributed by atoms with Crippen molar-refractivity contribution in [2.45, 2.75) is 6.42 Å². The van der Waals surface area contributed by atoms with E-state index in [0.29, 0.717) is 5.58 Å². The summed E-state index contributed by atoms with van der Waals surface area (Å²) >= 11 is 6.13. The van der Waals surface area contributed by atoms with Gasteiger partial charge in [0.25, 0.3) is 0 Å². The van der Waals surface area contributed by atoms with Crippen LogP contribution in [0, 0.1) is 0 Å². The topological polar surface area (TPSA) is 65.6 Å². The highest BCUT2D eigenvalue weighted by Gasteiger charge is 2.20. The fourth-order valence-corrected chi connectivity index (χ4v) is 4.12. The summed E-state index contributed by atoms with van der Waals surface area (Å²) in [5.74, 6) is -0.409. The van der Waals surface area contributed by atoms with Gasteiger partial charge in [-0.25, -0.2) is 4.79 Å². The Labute approximate surface area is 166 Å². The van der Waals surface area contributed by atoms with Crippen LogP contribution in [0.5, 0.6) is 0 Å². The standard InChI is InChI=1S/C21H20ClN3O3/c22-15-4-5-19-16(12-15)14(13-27-19)6-7-24-8-10-25(11-9-24)18-3-1-2-17-20(18)28-21(26)23-17/h1-5,12-13H,6-11H2,(H,23,26).